The number of allylic oxidation sites excluding steroid dienone is 2. The van der Waals surface area contributed by atoms with E-state index in [9.17, 15) is 59.1 Å². The number of ketones is 4. The molecule has 0 saturated heterocycles. The van der Waals surface area contributed by atoms with E-state index in [0.29, 0.717) is 22.0 Å². The van der Waals surface area contributed by atoms with Crippen LogP contribution in [0.15, 0.2) is 53.6 Å². The summed E-state index contributed by atoms with van der Waals surface area (Å²) in [7, 11) is 1.37. The molecule has 1 unspecified atom stereocenters. The van der Waals surface area contributed by atoms with E-state index in [1.165, 1.54) is 118 Å². The van der Waals surface area contributed by atoms with Crippen molar-refractivity contribution in [1.29, 1.82) is 0 Å². The summed E-state index contributed by atoms with van der Waals surface area (Å²) in [5, 5.41) is 3.43. The van der Waals surface area contributed by atoms with Crippen LogP contribution in [0.1, 0.15) is 168 Å². The minimum Gasteiger partial charge on any atom is -0.300 e. The van der Waals surface area contributed by atoms with Gasteiger partial charge in [0.1, 0.15) is 34.1 Å². The SMILES string of the molecule is CC(=O)C(C)(C)C.CC(C)=O.CC(C)=S.CCC1=C(C)C(=O)C1.CCCC1CC(=O)C1(C)C.CSC(C)=O.Cc1c(C(F)(F)F)nn(C)c1Cl.Cc1c(F)cccc1F.Cc1ccccc1C(F)(F)F.Cc1nc(Cl)sc1C. The summed E-state index contributed by atoms with van der Waals surface area (Å²) < 4.78 is 98.8. The molecule has 1 atom stereocenters. The minimum atomic E-state index is -4.42. The van der Waals surface area contributed by atoms with Crippen LogP contribution in [0.2, 0.25) is 9.62 Å². The number of hydrogen-bond donors (Lipinski definition) is 0. The van der Waals surface area contributed by atoms with Gasteiger partial charge in [0, 0.05) is 53.6 Å². The Bertz CT molecular complexity index is 2500. The Hall–Kier alpha value is -4.17. The lowest BCUT2D eigenvalue weighted by Gasteiger charge is -2.42. The quantitative estimate of drug-likeness (QED) is 0.146. The molecule has 2 aliphatic rings. The van der Waals surface area contributed by atoms with E-state index in [1.807, 2.05) is 55.4 Å². The van der Waals surface area contributed by atoms with Crippen LogP contribution in [-0.2, 0) is 43.4 Å². The van der Waals surface area contributed by atoms with Crippen LogP contribution in [0.25, 0.3) is 0 Å². The topological polar surface area (TPSA) is 116 Å². The number of aromatic nitrogens is 3. The van der Waals surface area contributed by atoms with Crippen LogP contribution >= 0.6 is 58.5 Å². The third-order valence-corrected chi connectivity index (χ3v) is 13.3. The average molecular weight is 1210 g/mol. The Balaban J connectivity index is -0.000000397. The minimum absolute atomic E-state index is 0.00993. The highest BCUT2D eigenvalue weighted by atomic mass is 35.5. The van der Waals surface area contributed by atoms with Gasteiger partial charge in [-0.1, -0.05) is 132 Å². The maximum atomic E-state index is 12.3. The fourth-order valence-corrected chi connectivity index (χ4v) is 6.60. The highest BCUT2D eigenvalue weighted by Gasteiger charge is 2.46. The zero-order chi connectivity index (χ0) is 62.4. The first-order valence-electron chi connectivity index (χ1n) is 24.4. The molecule has 442 valence electrons. The molecule has 0 aliphatic heterocycles. The van der Waals surface area contributed by atoms with Gasteiger partial charge in [-0.2, -0.15) is 31.4 Å². The van der Waals surface area contributed by atoms with Crippen LogP contribution in [0.5, 0.6) is 0 Å². The standard InChI is InChI=1S/C9H16O.C8H7F3.C7H6F2.C7H10O.C6H6ClF3N2.C6H12O.C5H6ClNS.C3H6OS.C3H6O.C3H6S/c1-4-5-7-6-8(10)9(7,2)3;1-6-4-2-3-5-7(6)8(9,10)11;1-5-6(8)3-2-4-7(5)9;1-3-6-4-7(8)5(6)2;1-3-4(6(8,9)10)11-12(2)5(3)7;1-5(7)6(2,3)4;1-3-4(2)8-5(6)7-3;1-3(4)5-2;2*1-3(2)4/h7H,4-6H2,1-3H3;2-5H,1H3;2-4H,1H3;3-4H2,1-2H3;1-2H3;1-4H3;1-2H3;1-2H3;2*1-2H3. The van der Waals surface area contributed by atoms with Crippen molar-refractivity contribution in [3.63, 3.8) is 0 Å². The molecule has 0 bridgehead atoms. The smallest absolute Gasteiger partial charge is 0.300 e. The average Bonchev–Trinajstić information content (AvgIpc) is 3.76. The van der Waals surface area contributed by atoms with Gasteiger partial charge in [0.2, 0.25) is 0 Å². The summed E-state index contributed by atoms with van der Waals surface area (Å²) in [6, 6.07) is 9.31. The molecular formula is C57H81Cl2F8N3O5S3. The molecule has 0 spiro atoms. The summed E-state index contributed by atoms with van der Waals surface area (Å²) in [4.78, 5) is 57.5. The van der Waals surface area contributed by atoms with E-state index >= 15 is 0 Å². The number of Topliss-reactive ketones (excluding diaryl/α,β-unsaturated/α-hetero) is 4. The van der Waals surface area contributed by atoms with Crippen LogP contribution in [-0.4, -0.2) is 54.1 Å². The Kier molecular flexibility index (Phi) is 39.6. The van der Waals surface area contributed by atoms with E-state index in [1.54, 1.807) is 26.2 Å². The van der Waals surface area contributed by atoms with Gasteiger partial charge in [-0.05, 0) is 135 Å². The lowest BCUT2D eigenvalue weighted by Crippen LogP contribution is -2.45. The number of carbonyl (C=O) groups excluding carboxylic acids is 5. The largest absolute Gasteiger partial charge is 0.435 e. The van der Waals surface area contributed by atoms with E-state index in [4.69, 9.17) is 23.2 Å². The zero-order valence-electron chi connectivity index (χ0n) is 49.0. The number of nitrogens with zero attached hydrogens (tertiary/aromatic N) is 3. The molecule has 1 saturated carbocycles. The van der Waals surface area contributed by atoms with E-state index in [-0.39, 0.29) is 49.4 Å². The highest BCUT2D eigenvalue weighted by molar-refractivity contribution is 8.12. The molecule has 78 heavy (non-hydrogen) atoms. The summed E-state index contributed by atoms with van der Waals surface area (Å²) in [5.41, 5.74) is 2.09. The van der Waals surface area contributed by atoms with Gasteiger partial charge in [-0.15, -0.1) is 11.3 Å². The summed E-state index contributed by atoms with van der Waals surface area (Å²) in [6.07, 6.45) is -1.83. The van der Waals surface area contributed by atoms with Crippen LogP contribution in [0, 0.1) is 63.0 Å². The molecule has 4 aromatic rings. The van der Waals surface area contributed by atoms with Gasteiger partial charge in [0.25, 0.3) is 0 Å². The molecule has 8 nitrogen and oxygen atoms in total. The highest BCUT2D eigenvalue weighted by Crippen LogP contribution is 2.45. The molecule has 0 amide bonds. The van der Waals surface area contributed by atoms with Gasteiger partial charge in [-0.3, -0.25) is 23.9 Å². The van der Waals surface area contributed by atoms with Gasteiger partial charge in [0.05, 0.1) is 11.3 Å². The molecular weight excluding hydrogens is 1130 g/mol. The number of benzene rings is 2. The molecule has 0 radical (unpaired) electrons. The van der Waals surface area contributed by atoms with Crippen molar-refractivity contribution in [2.24, 2.45) is 23.8 Å². The number of aryl methyl sites for hydroxylation is 4. The monoisotopic (exact) mass is 1210 g/mol. The van der Waals surface area contributed by atoms with Crippen molar-refractivity contribution in [3.8, 4) is 0 Å². The fraction of sp³-hybridized carbons (Fsp3) is 0.544. The third-order valence-electron chi connectivity index (χ3n) is 11.0. The van der Waals surface area contributed by atoms with E-state index < -0.39 is 35.2 Å². The number of thioether (sulfide) groups is 1. The van der Waals surface area contributed by atoms with Crippen molar-refractivity contribution in [2.45, 2.75) is 176 Å². The first kappa shape index (κ1) is 80.3. The maximum Gasteiger partial charge on any atom is 0.435 e. The molecule has 2 heterocycles. The van der Waals surface area contributed by atoms with Crippen molar-refractivity contribution >= 4 is 91.6 Å². The second-order valence-corrected chi connectivity index (χ2v) is 23.4. The van der Waals surface area contributed by atoms with Crippen LogP contribution < -0.4 is 0 Å². The van der Waals surface area contributed by atoms with Gasteiger partial charge < -0.3 is 4.79 Å². The predicted octanol–water partition coefficient (Wildman–Crippen LogP) is 18.7. The number of carbonyl (C=O) groups is 5. The van der Waals surface area contributed by atoms with E-state index in [0.717, 1.165) is 46.1 Å². The first-order valence-corrected chi connectivity index (χ1v) is 27.6. The molecule has 2 aromatic carbocycles. The Labute approximate surface area is 482 Å². The summed E-state index contributed by atoms with van der Waals surface area (Å²) in [6.45, 7) is 34.2. The molecule has 2 aromatic heterocycles. The van der Waals surface area contributed by atoms with Crippen molar-refractivity contribution < 1.29 is 59.1 Å². The maximum absolute atomic E-state index is 12.3. The fourth-order valence-electron chi connectivity index (χ4n) is 5.37. The summed E-state index contributed by atoms with van der Waals surface area (Å²) in [5.74, 6) is 0.885. The molecule has 1 fully saturated rings. The van der Waals surface area contributed by atoms with Gasteiger partial charge in [0.15, 0.2) is 21.1 Å². The molecule has 0 N–H and O–H groups in total. The number of halogens is 10. The third kappa shape index (κ3) is 34.8. The number of thiazole rings is 1. The zero-order valence-corrected chi connectivity index (χ0v) is 53.0. The lowest BCUT2D eigenvalue weighted by molar-refractivity contribution is -0.143. The second kappa shape index (κ2) is 38.5. The number of hydrogen-bond acceptors (Lipinski definition) is 10. The Morgan fingerprint density at radius 2 is 1.24 bits per heavy atom. The predicted molar refractivity (Wildman–Crippen MR) is 311 cm³/mol. The van der Waals surface area contributed by atoms with Crippen molar-refractivity contribution in [2.75, 3.05) is 6.26 Å². The van der Waals surface area contributed by atoms with Crippen molar-refractivity contribution in [3.05, 3.63) is 113 Å². The normalized spacial score (nSPS) is 13.6. The number of alkyl halides is 6. The summed E-state index contributed by atoms with van der Waals surface area (Å²) >= 11 is 18.4. The number of rotatable bonds is 3. The van der Waals surface area contributed by atoms with Crippen LogP contribution in [0.3, 0.4) is 0 Å². The van der Waals surface area contributed by atoms with Crippen LogP contribution in [0.4, 0.5) is 35.1 Å². The molecule has 2 aliphatic carbocycles. The first-order chi connectivity index (χ1) is 35.3. The Morgan fingerprint density at radius 1 is 0.808 bits per heavy atom. The Morgan fingerprint density at radius 3 is 1.42 bits per heavy atom. The second-order valence-electron chi connectivity index (χ2n) is 19.5. The lowest BCUT2D eigenvalue weighted by atomic mass is 9.60. The van der Waals surface area contributed by atoms with E-state index in [2.05, 4.69) is 50.0 Å². The molecule has 6 rings (SSSR count). The van der Waals surface area contributed by atoms with Gasteiger partial charge >= 0.3 is 12.4 Å². The molecule has 21 heteroatoms. The van der Waals surface area contributed by atoms with Crippen molar-refractivity contribution in [1.82, 2.24) is 14.8 Å². The number of thiocarbonyl (C=S) groups is 1. The van der Waals surface area contributed by atoms with Gasteiger partial charge in [-0.25, -0.2) is 13.8 Å².